The zero-order valence-corrected chi connectivity index (χ0v) is 11.8. The molecule has 1 aromatic carbocycles. The molecule has 0 bridgehead atoms. The number of ether oxygens (including phenoxy) is 1. The van der Waals surface area contributed by atoms with Crippen molar-refractivity contribution in [2.75, 3.05) is 18.5 Å². The first-order chi connectivity index (χ1) is 9.52. The SMILES string of the molecule is CCOC(=O)CCNC(=O)Nc1cccc(C(C)N)c1. The number of benzene rings is 1. The lowest BCUT2D eigenvalue weighted by Crippen LogP contribution is -2.30. The van der Waals surface area contributed by atoms with E-state index in [0.29, 0.717) is 12.3 Å². The predicted octanol–water partition coefficient (Wildman–Crippen LogP) is 1.78. The molecule has 1 rings (SSSR count). The van der Waals surface area contributed by atoms with Gasteiger partial charge < -0.3 is 21.1 Å². The number of nitrogens with one attached hydrogen (secondary N) is 2. The summed E-state index contributed by atoms with van der Waals surface area (Å²) >= 11 is 0. The Bertz CT molecular complexity index is 461. The molecular weight excluding hydrogens is 258 g/mol. The highest BCUT2D eigenvalue weighted by Gasteiger charge is 2.06. The second-order valence-corrected chi connectivity index (χ2v) is 4.35. The van der Waals surface area contributed by atoms with Crippen LogP contribution in [0.25, 0.3) is 0 Å². The topological polar surface area (TPSA) is 93.4 Å². The average molecular weight is 279 g/mol. The highest BCUT2D eigenvalue weighted by molar-refractivity contribution is 5.89. The Balaban J connectivity index is 2.39. The van der Waals surface area contributed by atoms with Gasteiger partial charge in [-0.05, 0) is 31.5 Å². The third-order valence-electron chi connectivity index (χ3n) is 2.59. The van der Waals surface area contributed by atoms with Gasteiger partial charge in [0.05, 0.1) is 13.0 Å². The van der Waals surface area contributed by atoms with Crippen LogP contribution in [0.15, 0.2) is 24.3 Å². The van der Waals surface area contributed by atoms with Crippen molar-refractivity contribution in [1.82, 2.24) is 5.32 Å². The van der Waals surface area contributed by atoms with E-state index in [1.807, 2.05) is 25.1 Å². The zero-order chi connectivity index (χ0) is 15.0. The maximum Gasteiger partial charge on any atom is 0.319 e. The van der Waals surface area contributed by atoms with Crippen LogP contribution in [-0.4, -0.2) is 25.2 Å². The largest absolute Gasteiger partial charge is 0.466 e. The predicted molar refractivity (Wildman–Crippen MR) is 77.3 cm³/mol. The quantitative estimate of drug-likeness (QED) is 0.692. The van der Waals surface area contributed by atoms with Crippen LogP contribution >= 0.6 is 0 Å². The molecular formula is C14H21N3O3. The van der Waals surface area contributed by atoms with E-state index < -0.39 is 0 Å². The van der Waals surface area contributed by atoms with E-state index in [1.165, 1.54) is 0 Å². The molecule has 0 aliphatic carbocycles. The molecule has 0 spiro atoms. The van der Waals surface area contributed by atoms with Gasteiger partial charge in [-0.25, -0.2) is 4.79 Å². The zero-order valence-electron chi connectivity index (χ0n) is 11.8. The van der Waals surface area contributed by atoms with Gasteiger partial charge in [0.1, 0.15) is 0 Å². The van der Waals surface area contributed by atoms with Crippen LogP contribution in [0.1, 0.15) is 31.9 Å². The van der Waals surface area contributed by atoms with Gasteiger partial charge in [-0.15, -0.1) is 0 Å². The summed E-state index contributed by atoms with van der Waals surface area (Å²) in [5, 5.41) is 5.27. The number of anilines is 1. The molecule has 0 aliphatic rings. The van der Waals surface area contributed by atoms with Gasteiger partial charge in [-0.1, -0.05) is 12.1 Å². The molecule has 1 atom stereocenters. The van der Waals surface area contributed by atoms with E-state index in [0.717, 1.165) is 5.56 Å². The van der Waals surface area contributed by atoms with Crippen LogP contribution in [-0.2, 0) is 9.53 Å². The van der Waals surface area contributed by atoms with Crippen molar-refractivity contribution in [1.29, 1.82) is 0 Å². The van der Waals surface area contributed by atoms with Gasteiger partial charge in [0.25, 0.3) is 0 Å². The minimum atomic E-state index is -0.365. The standard InChI is InChI=1S/C14H21N3O3/c1-3-20-13(18)7-8-16-14(19)17-12-6-4-5-11(9-12)10(2)15/h4-6,9-10H,3,7-8,15H2,1-2H3,(H2,16,17,19). The second kappa shape index (κ2) is 8.16. The van der Waals surface area contributed by atoms with E-state index in [2.05, 4.69) is 10.6 Å². The van der Waals surface area contributed by atoms with Crippen molar-refractivity contribution in [3.63, 3.8) is 0 Å². The Labute approximate surface area is 118 Å². The molecule has 0 aromatic heterocycles. The number of amides is 2. The van der Waals surface area contributed by atoms with Crippen molar-refractivity contribution < 1.29 is 14.3 Å². The normalized spacial score (nSPS) is 11.6. The average Bonchev–Trinajstić information content (AvgIpc) is 2.39. The van der Waals surface area contributed by atoms with Crippen LogP contribution < -0.4 is 16.4 Å². The van der Waals surface area contributed by atoms with Crippen molar-refractivity contribution in [3.05, 3.63) is 29.8 Å². The van der Waals surface area contributed by atoms with Crippen LogP contribution in [0.4, 0.5) is 10.5 Å². The lowest BCUT2D eigenvalue weighted by Gasteiger charge is -2.10. The Kier molecular flexibility index (Phi) is 6.52. The number of hydrogen-bond acceptors (Lipinski definition) is 4. The summed E-state index contributed by atoms with van der Waals surface area (Å²) in [6, 6.07) is 6.85. The molecule has 4 N–H and O–H groups in total. The van der Waals surface area contributed by atoms with Gasteiger partial charge in [0, 0.05) is 18.3 Å². The Morgan fingerprint density at radius 3 is 2.80 bits per heavy atom. The molecule has 0 saturated carbocycles. The Morgan fingerprint density at radius 1 is 1.40 bits per heavy atom. The highest BCUT2D eigenvalue weighted by atomic mass is 16.5. The summed E-state index contributed by atoms with van der Waals surface area (Å²) in [6.45, 7) is 4.19. The summed E-state index contributed by atoms with van der Waals surface area (Å²) in [6.07, 6.45) is 0.154. The minimum Gasteiger partial charge on any atom is -0.466 e. The molecule has 2 amide bonds. The second-order valence-electron chi connectivity index (χ2n) is 4.35. The van der Waals surface area contributed by atoms with E-state index in [-0.39, 0.29) is 31.0 Å². The fraction of sp³-hybridized carbons (Fsp3) is 0.429. The van der Waals surface area contributed by atoms with Gasteiger partial charge in [0.15, 0.2) is 0 Å². The third-order valence-corrected chi connectivity index (χ3v) is 2.59. The van der Waals surface area contributed by atoms with Crippen LogP contribution in [0.2, 0.25) is 0 Å². The molecule has 6 heteroatoms. The Hall–Kier alpha value is -2.08. The monoisotopic (exact) mass is 279 g/mol. The van der Waals surface area contributed by atoms with E-state index in [4.69, 9.17) is 10.5 Å². The van der Waals surface area contributed by atoms with Gasteiger partial charge in [-0.3, -0.25) is 4.79 Å². The fourth-order valence-electron chi connectivity index (χ4n) is 1.59. The molecule has 1 unspecified atom stereocenters. The summed E-state index contributed by atoms with van der Waals surface area (Å²) in [5.41, 5.74) is 7.38. The lowest BCUT2D eigenvalue weighted by molar-refractivity contribution is -0.142. The van der Waals surface area contributed by atoms with E-state index in [9.17, 15) is 9.59 Å². The van der Waals surface area contributed by atoms with E-state index >= 15 is 0 Å². The molecule has 20 heavy (non-hydrogen) atoms. The molecule has 1 aromatic rings. The summed E-state index contributed by atoms with van der Waals surface area (Å²) in [5.74, 6) is -0.327. The minimum absolute atomic E-state index is 0.0939. The number of nitrogens with two attached hydrogens (primary N) is 1. The van der Waals surface area contributed by atoms with E-state index in [1.54, 1.807) is 13.0 Å². The number of esters is 1. The van der Waals surface area contributed by atoms with Crippen molar-refractivity contribution in [2.45, 2.75) is 26.3 Å². The number of urea groups is 1. The van der Waals surface area contributed by atoms with Crippen LogP contribution in [0, 0.1) is 0 Å². The van der Waals surface area contributed by atoms with Gasteiger partial charge in [-0.2, -0.15) is 0 Å². The fourth-order valence-corrected chi connectivity index (χ4v) is 1.59. The molecule has 0 radical (unpaired) electrons. The number of hydrogen-bond donors (Lipinski definition) is 3. The van der Waals surface area contributed by atoms with Crippen molar-refractivity contribution >= 4 is 17.7 Å². The number of rotatable bonds is 6. The summed E-state index contributed by atoms with van der Waals surface area (Å²) in [4.78, 5) is 22.7. The lowest BCUT2D eigenvalue weighted by atomic mass is 10.1. The van der Waals surface area contributed by atoms with Crippen molar-refractivity contribution in [2.24, 2.45) is 5.73 Å². The maximum absolute atomic E-state index is 11.6. The summed E-state index contributed by atoms with van der Waals surface area (Å²) < 4.78 is 4.76. The van der Waals surface area contributed by atoms with Gasteiger partial charge >= 0.3 is 12.0 Å². The first-order valence-corrected chi connectivity index (χ1v) is 6.59. The third kappa shape index (κ3) is 5.71. The summed E-state index contributed by atoms with van der Waals surface area (Å²) in [7, 11) is 0. The highest BCUT2D eigenvalue weighted by Crippen LogP contribution is 2.15. The Morgan fingerprint density at radius 2 is 2.15 bits per heavy atom. The van der Waals surface area contributed by atoms with Gasteiger partial charge in [0.2, 0.25) is 0 Å². The number of carbonyl (C=O) groups excluding carboxylic acids is 2. The first kappa shape index (κ1) is 16.0. The number of carbonyl (C=O) groups is 2. The molecule has 0 heterocycles. The first-order valence-electron chi connectivity index (χ1n) is 6.59. The van der Waals surface area contributed by atoms with Crippen LogP contribution in [0.5, 0.6) is 0 Å². The molecule has 0 saturated heterocycles. The molecule has 0 fully saturated rings. The molecule has 6 nitrogen and oxygen atoms in total. The van der Waals surface area contributed by atoms with Crippen molar-refractivity contribution in [3.8, 4) is 0 Å². The smallest absolute Gasteiger partial charge is 0.319 e. The van der Waals surface area contributed by atoms with Crippen LogP contribution in [0.3, 0.4) is 0 Å². The maximum atomic E-state index is 11.6. The molecule has 110 valence electrons. The molecule has 0 aliphatic heterocycles.